The van der Waals surface area contributed by atoms with Crippen LogP contribution in [-0.2, 0) is 0 Å². The SMILES string of the molecule is C/C=C/CCC1CCC(CC(F)F)CC1. The summed E-state index contributed by atoms with van der Waals surface area (Å²) in [5.74, 6) is 1.08. The first-order chi connectivity index (χ1) is 7.22. The highest BCUT2D eigenvalue weighted by molar-refractivity contribution is 4.80. The minimum atomic E-state index is -2.10. The van der Waals surface area contributed by atoms with Crippen LogP contribution in [0.25, 0.3) is 0 Å². The Morgan fingerprint density at radius 1 is 1.13 bits per heavy atom. The topological polar surface area (TPSA) is 0 Å². The molecule has 0 aromatic carbocycles. The molecule has 0 spiro atoms. The van der Waals surface area contributed by atoms with Crippen molar-refractivity contribution in [2.45, 2.75) is 58.3 Å². The van der Waals surface area contributed by atoms with Crippen molar-refractivity contribution in [1.82, 2.24) is 0 Å². The van der Waals surface area contributed by atoms with Crippen LogP contribution in [0.4, 0.5) is 8.78 Å². The van der Waals surface area contributed by atoms with Gasteiger partial charge in [0.1, 0.15) is 0 Å². The smallest absolute Gasteiger partial charge is 0.211 e. The van der Waals surface area contributed by atoms with Gasteiger partial charge in [0.15, 0.2) is 0 Å². The van der Waals surface area contributed by atoms with Crippen molar-refractivity contribution in [3.05, 3.63) is 12.2 Å². The van der Waals surface area contributed by atoms with E-state index >= 15 is 0 Å². The van der Waals surface area contributed by atoms with Gasteiger partial charge in [-0.05, 0) is 44.4 Å². The molecule has 0 bridgehead atoms. The molecule has 0 heterocycles. The average molecular weight is 216 g/mol. The lowest BCUT2D eigenvalue weighted by atomic mass is 9.79. The van der Waals surface area contributed by atoms with E-state index in [-0.39, 0.29) is 6.42 Å². The normalized spacial score (nSPS) is 27.7. The molecule has 0 aromatic rings. The highest BCUT2D eigenvalue weighted by atomic mass is 19.3. The van der Waals surface area contributed by atoms with E-state index in [0.717, 1.165) is 38.0 Å². The molecule has 0 unspecified atom stereocenters. The largest absolute Gasteiger partial charge is 0.238 e. The second kappa shape index (κ2) is 6.97. The van der Waals surface area contributed by atoms with E-state index in [1.165, 1.54) is 6.42 Å². The van der Waals surface area contributed by atoms with Gasteiger partial charge in [0.05, 0.1) is 0 Å². The third-order valence-corrected chi connectivity index (χ3v) is 3.46. The maximum Gasteiger partial charge on any atom is 0.238 e. The molecule has 1 saturated carbocycles. The zero-order chi connectivity index (χ0) is 11.1. The first kappa shape index (κ1) is 12.7. The number of hydrogen-bond donors (Lipinski definition) is 0. The first-order valence-electron chi connectivity index (χ1n) is 6.11. The molecule has 1 aliphatic carbocycles. The second-order valence-corrected chi connectivity index (χ2v) is 4.66. The molecular weight excluding hydrogens is 194 g/mol. The van der Waals surface area contributed by atoms with Crippen molar-refractivity contribution >= 4 is 0 Å². The van der Waals surface area contributed by atoms with Crippen molar-refractivity contribution < 1.29 is 8.78 Å². The van der Waals surface area contributed by atoms with Gasteiger partial charge in [-0.1, -0.05) is 25.0 Å². The molecule has 0 nitrogen and oxygen atoms in total. The van der Waals surface area contributed by atoms with E-state index in [1.54, 1.807) is 0 Å². The third kappa shape index (κ3) is 5.29. The van der Waals surface area contributed by atoms with Crippen LogP contribution < -0.4 is 0 Å². The highest BCUT2D eigenvalue weighted by Crippen LogP contribution is 2.34. The molecule has 0 amide bonds. The lowest BCUT2D eigenvalue weighted by Gasteiger charge is -2.28. The number of hydrogen-bond acceptors (Lipinski definition) is 0. The maximum absolute atomic E-state index is 12.2. The minimum Gasteiger partial charge on any atom is -0.211 e. The van der Waals surface area contributed by atoms with Gasteiger partial charge in [0.2, 0.25) is 6.43 Å². The molecule has 0 saturated heterocycles. The Kier molecular flexibility index (Phi) is 5.89. The highest BCUT2D eigenvalue weighted by Gasteiger charge is 2.22. The fourth-order valence-electron chi connectivity index (χ4n) is 2.51. The monoisotopic (exact) mass is 216 g/mol. The quantitative estimate of drug-likeness (QED) is 0.579. The summed E-state index contributed by atoms with van der Waals surface area (Å²) in [6, 6.07) is 0. The molecular formula is C13H22F2. The van der Waals surface area contributed by atoms with Gasteiger partial charge in [0.25, 0.3) is 0 Å². The van der Waals surface area contributed by atoms with Crippen LogP contribution in [0.5, 0.6) is 0 Å². The van der Waals surface area contributed by atoms with Gasteiger partial charge in [-0.3, -0.25) is 0 Å². The standard InChI is InChI=1S/C13H22F2/c1-2-3-4-5-11-6-8-12(9-7-11)10-13(14)15/h2-3,11-13H,4-10H2,1H3/b3-2+. The van der Waals surface area contributed by atoms with Crippen LogP contribution in [0.2, 0.25) is 0 Å². The molecule has 15 heavy (non-hydrogen) atoms. The van der Waals surface area contributed by atoms with Crippen LogP contribution >= 0.6 is 0 Å². The first-order valence-corrected chi connectivity index (χ1v) is 6.11. The zero-order valence-electron chi connectivity index (χ0n) is 9.59. The molecule has 0 atom stereocenters. The Balaban J connectivity index is 2.12. The Hall–Kier alpha value is -0.400. The van der Waals surface area contributed by atoms with E-state index in [9.17, 15) is 8.78 Å². The fourth-order valence-corrected chi connectivity index (χ4v) is 2.51. The van der Waals surface area contributed by atoms with E-state index in [2.05, 4.69) is 12.2 Å². The van der Waals surface area contributed by atoms with Crippen molar-refractivity contribution in [2.24, 2.45) is 11.8 Å². The van der Waals surface area contributed by atoms with E-state index in [1.807, 2.05) is 6.92 Å². The van der Waals surface area contributed by atoms with Crippen LogP contribution in [-0.4, -0.2) is 6.43 Å². The molecule has 1 rings (SSSR count). The molecule has 0 aliphatic heterocycles. The van der Waals surface area contributed by atoms with Crippen molar-refractivity contribution in [1.29, 1.82) is 0 Å². The third-order valence-electron chi connectivity index (χ3n) is 3.46. The van der Waals surface area contributed by atoms with Gasteiger partial charge in [-0.25, -0.2) is 8.78 Å². The summed E-state index contributed by atoms with van der Waals surface area (Å²) in [6.07, 6.45) is 9.07. The van der Waals surface area contributed by atoms with E-state index in [0.29, 0.717) is 5.92 Å². The Labute approximate surface area is 91.8 Å². The number of allylic oxidation sites excluding steroid dienone is 2. The van der Waals surface area contributed by atoms with Crippen molar-refractivity contribution in [3.63, 3.8) is 0 Å². The lowest BCUT2D eigenvalue weighted by Crippen LogP contribution is -2.16. The molecule has 0 N–H and O–H groups in total. The van der Waals surface area contributed by atoms with Crippen molar-refractivity contribution in [2.75, 3.05) is 0 Å². The number of halogens is 2. The molecule has 1 fully saturated rings. The summed E-state index contributed by atoms with van der Waals surface area (Å²) in [4.78, 5) is 0. The predicted octanol–water partition coefficient (Wildman–Crippen LogP) is 4.80. The average Bonchev–Trinajstić information content (AvgIpc) is 2.20. The van der Waals surface area contributed by atoms with E-state index < -0.39 is 6.43 Å². The summed E-state index contributed by atoms with van der Waals surface area (Å²) in [7, 11) is 0. The molecule has 88 valence electrons. The lowest BCUT2D eigenvalue weighted by molar-refractivity contribution is 0.0968. The Morgan fingerprint density at radius 2 is 1.73 bits per heavy atom. The molecule has 1 aliphatic rings. The van der Waals surface area contributed by atoms with Gasteiger partial charge in [-0.2, -0.15) is 0 Å². The molecule has 2 heteroatoms. The van der Waals surface area contributed by atoms with Gasteiger partial charge in [-0.15, -0.1) is 0 Å². The van der Waals surface area contributed by atoms with Gasteiger partial charge in [0, 0.05) is 6.42 Å². The second-order valence-electron chi connectivity index (χ2n) is 4.66. The fraction of sp³-hybridized carbons (Fsp3) is 0.846. The summed E-state index contributed by atoms with van der Waals surface area (Å²) < 4.78 is 24.3. The summed E-state index contributed by atoms with van der Waals surface area (Å²) in [6.45, 7) is 2.04. The summed E-state index contributed by atoms with van der Waals surface area (Å²) in [5, 5.41) is 0. The van der Waals surface area contributed by atoms with E-state index in [4.69, 9.17) is 0 Å². The van der Waals surface area contributed by atoms with Gasteiger partial charge >= 0.3 is 0 Å². The minimum absolute atomic E-state index is 0.127. The summed E-state index contributed by atoms with van der Waals surface area (Å²) in [5.41, 5.74) is 0. The zero-order valence-corrected chi connectivity index (χ0v) is 9.59. The maximum atomic E-state index is 12.2. The van der Waals surface area contributed by atoms with Gasteiger partial charge < -0.3 is 0 Å². The van der Waals surface area contributed by atoms with Crippen LogP contribution in [0.3, 0.4) is 0 Å². The Bertz CT molecular complexity index is 179. The van der Waals surface area contributed by atoms with Crippen LogP contribution in [0.15, 0.2) is 12.2 Å². The summed E-state index contributed by atoms with van der Waals surface area (Å²) >= 11 is 0. The number of rotatable bonds is 5. The van der Waals surface area contributed by atoms with Crippen LogP contribution in [0.1, 0.15) is 51.9 Å². The van der Waals surface area contributed by atoms with Crippen LogP contribution in [0, 0.1) is 11.8 Å². The predicted molar refractivity (Wildman–Crippen MR) is 60.1 cm³/mol. The Morgan fingerprint density at radius 3 is 2.27 bits per heavy atom. The molecule has 0 aromatic heterocycles. The molecule has 0 radical (unpaired) electrons. The number of alkyl halides is 2. The van der Waals surface area contributed by atoms with Crippen molar-refractivity contribution in [3.8, 4) is 0 Å².